The third-order valence-electron chi connectivity index (χ3n) is 3.60. The average molecular weight is 300 g/mol. The highest BCUT2D eigenvalue weighted by Crippen LogP contribution is 2.30. The van der Waals surface area contributed by atoms with E-state index < -0.39 is 0 Å². The topological polar surface area (TPSA) is 21.3 Å². The van der Waals surface area contributed by atoms with Gasteiger partial charge in [-0.25, -0.2) is 0 Å². The van der Waals surface area contributed by atoms with Crippen LogP contribution >= 0.6 is 23.4 Å². The molecule has 1 aromatic carbocycles. The summed E-state index contributed by atoms with van der Waals surface area (Å²) in [5, 5.41) is 5.17. The van der Waals surface area contributed by atoms with Crippen molar-refractivity contribution in [1.82, 2.24) is 5.32 Å². The Labute approximate surface area is 125 Å². The summed E-state index contributed by atoms with van der Waals surface area (Å²) in [6, 6.07) is 6.65. The van der Waals surface area contributed by atoms with Crippen molar-refractivity contribution in [3.63, 3.8) is 0 Å². The summed E-state index contributed by atoms with van der Waals surface area (Å²) in [5.74, 6) is 1.97. The third kappa shape index (κ3) is 4.30. The molecule has 0 saturated heterocycles. The molecular formula is C15H22ClNOS. The zero-order valence-corrected chi connectivity index (χ0v) is 13.2. The predicted octanol–water partition coefficient (Wildman–Crippen LogP) is 4.11. The van der Waals surface area contributed by atoms with Gasteiger partial charge in [-0.1, -0.05) is 24.6 Å². The van der Waals surface area contributed by atoms with Gasteiger partial charge in [0, 0.05) is 17.8 Å². The summed E-state index contributed by atoms with van der Waals surface area (Å²) in [7, 11) is 1.64. The number of methoxy groups -OCH3 is 1. The molecule has 0 heterocycles. The molecule has 0 bridgehead atoms. The fourth-order valence-electron chi connectivity index (χ4n) is 2.59. The van der Waals surface area contributed by atoms with Crippen molar-refractivity contribution in [1.29, 1.82) is 0 Å². The van der Waals surface area contributed by atoms with E-state index in [1.165, 1.54) is 30.6 Å². The van der Waals surface area contributed by atoms with Crippen molar-refractivity contribution >= 4 is 23.4 Å². The van der Waals surface area contributed by atoms with E-state index in [4.69, 9.17) is 16.3 Å². The molecule has 0 amide bonds. The van der Waals surface area contributed by atoms with Gasteiger partial charge in [-0.15, -0.1) is 0 Å². The van der Waals surface area contributed by atoms with Gasteiger partial charge in [0.1, 0.15) is 5.75 Å². The highest BCUT2D eigenvalue weighted by Gasteiger charge is 2.23. The zero-order chi connectivity index (χ0) is 13.7. The van der Waals surface area contributed by atoms with Crippen LogP contribution in [0.1, 0.15) is 31.7 Å². The molecule has 1 N–H and O–H groups in total. The number of nitrogens with one attached hydrogen (secondary N) is 1. The van der Waals surface area contributed by atoms with E-state index in [0.29, 0.717) is 11.1 Å². The van der Waals surface area contributed by atoms with Gasteiger partial charge in [0.05, 0.1) is 12.1 Å². The summed E-state index contributed by atoms with van der Waals surface area (Å²) < 4.78 is 5.16. The predicted molar refractivity (Wildman–Crippen MR) is 84.4 cm³/mol. The van der Waals surface area contributed by atoms with Crippen LogP contribution in [-0.4, -0.2) is 24.2 Å². The van der Waals surface area contributed by atoms with Crippen LogP contribution in [0, 0.1) is 0 Å². The van der Waals surface area contributed by atoms with Crippen LogP contribution in [0.4, 0.5) is 0 Å². The first-order valence-corrected chi connectivity index (χ1v) is 8.33. The van der Waals surface area contributed by atoms with Gasteiger partial charge in [0.25, 0.3) is 0 Å². The van der Waals surface area contributed by atoms with Gasteiger partial charge in [-0.3, -0.25) is 0 Å². The van der Waals surface area contributed by atoms with Crippen molar-refractivity contribution in [2.75, 3.05) is 12.9 Å². The van der Waals surface area contributed by atoms with Crippen molar-refractivity contribution in [2.24, 2.45) is 0 Å². The number of rotatable bonds is 6. The van der Waals surface area contributed by atoms with Crippen molar-refractivity contribution in [3.05, 3.63) is 28.8 Å². The fraction of sp³-hybridized carbons (Fsp3) is 0.600. The van der Waals surface area contributed by atoms with Gasteiger partial charge in [-0.05, 0) is 42.7 Å². The maximum Gasteiger partial charge on any atom is 0.137 e. The molecule has 0 aliphatic heterocycles. The van der Waals surface area contributed by atoms with E-state index in [2.05, 4.69) is 30.1 Å². The first-order chi connectivity index (χ1) is 9.22. The standard InChI is InChI=1S/C15H22ClNOS/c1-3-19-13-6-5-12(9-13)17-10-11-4-7-15(18-2)14(16)8-11/h4,7-8,12-13,17H,3,5-6,9-10H2,1-2H3. The first-order valence-electron chi connectivity index (χ1n) is 6.90. The second kappa shape index (κ2) is 7.41. The minimum absolute atomic E-state index is 0.657. The van der Waals surface area contributed by atoms with Crippen LogP contribution in [0.5, 0.6) is 5.75 Å². The van der Waals surface area contributed by atoms with E-state index in [9.17, 15) is 0 Å². The molecule has 1 aliphatic carbocycles. The minimum atomic E-state index is 0.657. The number of ether oxygens (including phenoxy) is 1. The Morgan fingerprint density at radius 1 is 1.42 bits per heavy atom. The summed E-state index contributed by atoms with van der Waals surface area (Å²) in [4.78, 5) is 0. The molecule has 2 atom stereocenters. The van der Waals surface area contributed by atoms with Gasteiger partial charge >= 0.3 is 0 Å². The number of hydrogen-bond acceptors (Lipinski definition) is 3. The Bertz CT molecular complexity index is 413. The van der Waals surface area contributed by atoms with E-state index in [0.717, 1.165) is 17.5 Å². The molecule has 2 rings (SSSR count). The normalized spacial score (nSPS) is 22.7. The summed E-state index contributed by atoms with van der Waals surface area (Å²) in [6.45, 7) is 3.13. The van der Waals surface area contributed by atoms with Gasteiger partial charge in [-0.2, -0.15) is 11.8 Å². The lowest BCUT2D eigenvalue weighted by Crippen LogP contribution is -2.26. The lowest BCUT2D eigenvalue weighted by Gasteiger charge is -2.13. The maximum atomic E-state index is 6.13. The van der Waals surface area contributed by atoms with Gasteiger partial charge in [0.2, 0.25) is 0 Å². The minimum Gasteiger partial charge on any atom is -0.495 e. The quantitative estimate of drug-likeness (QED) is 0.854. The molecule has 1 aromatic rings. The van der Waals surface area contributed by atoms with Crippen LogP contribution in [0.2, 0.25) is 5.02 Å². The van der Waals surface area contributed by atoms with E-state index in [-0.39, 0.29) is 0 Å². The van der Waals surface area contributed by atoms with Gasteiger partial charge < -0.3 is 10.1 Å². The van der Waals surface area contributed by atoms with Crippen LogP contribution < -0.4 is 10.1 Å². The Kier molecular flexibility index (Phi) is 5.86. The Balaban J connectivity index is 1.81. The van der Waals surface area contributed by atoms with E-state index >= 15 is 0 Å². The molecular weight excluding hydrogens is 278 g/mol. The van der Waals surface area contributed by atoms with Crippen LogP contribution in [0.3, 0.4) is 0 Å². The van der Waals surface area contributed by atoms with Crippen LogP contribution in [0.15, 0.2) is 18.2 Å². The van der Waals surface area contributed by atoms with Crippen LogP contribution in [0.25, 0.3) is 0 Å². The molecule has 0 radical (unpaired) electrons. The fourth-order valence-corrected chi connectivity index (χ4v) is 4.02. The second-order valence-corrected chi connectivity index (χ2v) is 6.92. The SMILES string of the molecule is CCSC1CCC(NCc2ccc(OC)c(Cl)c2)C1. The number of halogens is 1. The highest BCUT2D eigenvalue weighted by molar-refractivity contribution is 7.99. The molecule has 0 aromatic heterocycles. The molecule has 1 aliphatic rings. The molecule has 4 heteroatoms. The molecule has 19 heavy (non-hydrogen) atoms. The zero-order valence-electron chi connectivity index (χ0n) is 11.6. The average Bonchev–Trinajstić information content (AvgIpc) is 2.85. The van der Waals surface area contributed by atoms with Crippen molar-refractivity contribution < 1.29 is 4.74 Å². The molecule has 1 fully saturated rings. The second-order valence-electron chi connectivity index (χ2n) is 4.94. The summed E-state index contributed by atoms with van der Waals surface area (Å²) in [5.41, 5.74) is 1.22. The number of benzene rings is 1. The smallest absolute Gasteiger partial charge is 0.137 e. The molecule has 106 valence electrons. The largest absolute Gasteiger partial charge is 0.495 e. The molecule has 0 spiro atoms. The first kappa shape index (κ1) is 15.0. The van der Waals surface area contributed by atoms with E-state index in [1.807, 2.05) is 12.1 Å². The Hall–Kier alpha value is -0.380. The van der Waals surface area contributed by atoms with Gasteiger partial charge in [0.15, 0.2) is 0 Å². The third-order valence-corrected chi connectivity index (χ3v) is 5.13. The summed E-state index contributed by atoms with van der Waals surface area (Å²) in [6.07, 6.45) is 3.93. The highest BCUT2D eigenvalue weighted by atomic mass is 35.5. The van der Waals surface area contributed by atoms with Crippen molar-refractivity contribution in [2.45, 2.75) is 44.0 Å². The Morgan fingerprint density at radius 3 is 2.95 bits per heavy atom. The lowest BCUT2D eigenvalue weighted by molar-refractivity contribution is 0.414. The lowest BCUT2D eigenvalue weighted by atomic mass is 10.2. The maximum absolute atomic E-state index is 6.13. The monoisotopic (exact) mass is 299 g/mol. The van der Waals surface area contributed by atoms with Crippen molar-refractivity contribution in [3.8, 4) is 5.75 Å². The van der Waals surface area contributed by atoms with Crippen LogP contribution in [-0.2, 0) is 6.54 Å². The number of thioether (sulfide) groups is 1. The molecule has 2 nitrogen and oxygen atoms in total. The summed E-state index contributed by atoms with van der Waals surface area (Å²) >= 11 is 8.23. The van der Waals surface area contributed by atoms with E-state index in [1.54, 1.807) is 7.11 Å². The Morgan fingerprint density at radius 2 is 2.26 bits per heavy atom. The molecule has 2 unspecified atom stereocenters. The molecule has 1 saturated carbocycles. The number of hydrogen-bond donors (Lipinski definition) is 1.